The van der Waals surface area contributed by atoms with Gasteiger partial charge >= 0.3 is 11.9 Å². The number of aromatic nitrogens is 1. The van der Waals surface area contributed by atoms with E-state index in [1.165, 1.54) is 22.7 Å². The van der Waals surface area contributed by atoms with Crippen molar-refractivity contribution in [1.29, 1.82) is 0 Å². The zero-order chi connectivity index (χ0) is 41.3. The molecule has 2 aliphatic heterocycles. The molecule has 60 heavy (non-hydrogen) atoms. The van der Waals surface area contributed by atoms with Crippen molar-refractivity contribution in [1.82, 2.24) is 15.4 Å². The zero-order valence-electron chi connectivity index (χ0n) is 32.1. The summed E-state index contributed by atoms with van der Waals surface area (Å²) in [6.45, 7) is -0.444. The second-order valence-corrected chi connectivity index (χ2v) is 15.0. The predicted molar refractivity (Wildman–Crippen MR) is 221 cm³/mol. The van der Waals surface area contributed by atoms with Crippen molar-refractivity contribution in [2.24, 2.45) is 0 Å². The van der Waals surface area contributed by atoms with Crippen LogP contribution >= 0.6 is 11.8 Å². The molecule has 1 N–H and O–H groups in total. The number of hydrogen-bond donors (Lipinski definition) is 1. The number of hydrogen-bond acceptors (Lipinski definition) is 11. The Morgan fingerprint density at radius 1 is 0.717 bits per heavy atom. The second kappa shape index (κ2) is 18.6. The first-order chi connectivity index (χ1) is 29.4. The maximum atomic E-state index is 14.4. The van der Waals surface area contributed by atoms with E-state index in [-0.39, 0.29) is 42.7 Å². The first-order valence-electron chi connectivity index (χ1n) is 19.2. The minimum absolute atomic E-state index is 0.0202. The lowest BCUT2D eigenvalue weighted by molar-refractivity contribution is -0.155. The molecule has 3 heterocycles. The van der Waals surface area contributed by atoms with E-state index in [9.17, 15) is 19.2 Å². The average molecular weight is 822 g/mol. The molecule has 1 aromatic heterocycles. The molecule has 302 valence electrons. The molecule has 8 rings (SSSR count). The number of nitrogens with zero attached hydrogens (tertiary/aromatic N) is 2. The molecule has 0 aliphatic carbocycles. The first-order valence-corrected chi connectivity index (χ1v) is 20.3. The second-order valence-electron chi connectivity index (χ2n) is 13.9. The Kier molecular flexibility index (Phi) is 12.3. The average Bonchev–Trinajstić information content (AvgIpc) is 3.75. The number of nitrogens with one attached hydrogen (secondary N) is 1. The highest BCUT2D eigenvalue weighted by Crippen LogP contribution is 2.42. The summed E-state index contributed by atoms with van der Waals surface area (Å²) >= 11 is 1.37. The highest BCUT2D eigenvalue weighted by atomic mass is 32.2. The van der Waals surface area contributed by atoms with Crippen LogP contribution < -0.4 is 14.8 Å². The molecule has 0 radical (unpaired) electrons. The third-order valence-corrected chi connectivity index (χ3v) is 11.1. The van der Waals surface area contributed by atoms with E-state index >= 15 is 0 Å². The van der Waals surface area contributed by atoms with E-state index in [1.54, 1.807) is 24.3 Å². The highest BCUT2D eigenvalue weighted by molar-refractivity contribution is 8.00. The number of rotatable bonds is 16. The van der Waals surface area contributed by atoms with Gasteiger partial charge in [-0.1, -0.05) is 140 Å². The van der Waals surface area contributed by atoms with Gasteiger partial charge in [-0.15, -0.1) is 11.8 Å². The van der Waals surface area contributed by atoms with Gasteiger partial charge in [0.05, 0.1) is 0 Å². The molecule has 2 aliphatic rings. The van der Waals surface area contributed by atoms with Gasteiger partial charge in [0.2, 0.25) is 0 Å². The first kappa shape index (κ1) is 39.7. The van der Waals surface area contributed by atoms with Crippen molar-refractivity contribution in [3.63, 3.8) is 0 Å². The molecule has 5 aromatic carbocycles. The Morgan fingerprint density at radius 2 is 1.23 bits per heavy atom. The van der Waals surface area contributed by atoms with E-state index in [1.807, 2.05) is 127 Å². The SMILES string of the molecule is O=C(COc1ccccc1)NC1C(=O)N2C(C(=O)OC(c3ccccc3)c3ccccc3)=C(COc3cc(CC(=O)OC(c4ccccc4)c4ccccc4)on3)CS[C@H]12. The number of carbonyl (C=O) groups is 4. The molecular formula is C47H39N3O9S. The van der Waals surface area contributed by atoms with E-state index in [0.717, 1.165) is 22.3 Å². The molecular weight excluding hydrogens is 783 g/mol. The van der Waals surface area contributed by atoms with Gasteiger partial charge in [-0.05, 0) is 39.5 Å². The minimum atomic E-state index is -0.896. The van der Waals surface area contributed by atoms with Crippen LogP contribution in [0.25, 0.3) is 0 Å². The topological polar surface area (TPSA) is 146 Å². The van der Waals surface area contributed by atoms with E-state index in [4.69, 9.17) is 23.5 Å². The number of para-hydroxylation sites is 1. The Balaban J connectivity index is 0.987. The summed E-state index contributed by atoms with van der Waals surface area (Å²) < 4.78 is 29.2. The highest BCUT2D eigenvalue weighted by Gasteiger charge is 2.54. The molecule has 2 amide bonds. The number of carbonyl (C=O) groups excluding carboxylic acids is 4. The molecule has 0 spiro atoms. The van der Waals surface area contributed by atoms with Crippen molar-refractivity contribution in [3.8, 4) is 11.6 Å². The normalized spacial score (nSPS) is 15.8. The molecule has 2 atom stereocenters. The Bertz CT molecular complexity index is 2370. The summed E-state index contributed by atoms with van der Waals surface area (Å²) in [5.41, 5.74) is 3.60. The summed E-state index contributed by atoms with van der Waals surface area (Å²) in [7, 11) is 0. The maximum Gasteiger partial charge on any atom is 0.356 e. The Morgan fingerprint density at radius 3 is 1.78 bits per heavy atom. The van der Waals surface area contributed by atoms with Gasteiger partial charge in [0.25, 0.3) is 17.7 Å². The smallest absolute Gasteiger partial charge is 0.356 e. The number of β-lactam (4-membered cyclic amide) rings is 1. The number of ether oxygens (including phenoxy) is 4. The Hall–Kier alpha value is -7.12. The third kappa shape index (κ3) is 9.27. The van der Waals surface area contributed by atoms with E-state index in [0.29, 0.717) is 11.3 Å². The van der Waals surface area contributed by atoms with Crippen LogP contribution in [0.4, 0.5) is 0 Å². The number of fused-ring (bicyclic) bond motifs is 1. The summed E-state index contributed by atoms with van der Waals surface area (Å²) in [6.07, 6.45) is -1.62. The van der Waals surface area contributed by atoms with Crippen LogP contribution in [-0.2, 0) is 35.1 Å². The van der Waals surface area contributed by atoms with Crippen LogP contribution in [0.1, 0.15) is 40.2 Å². The van der Waals surface area contributed by atoms with E-state index in [2.05, 4.69) is 10.5 Å². The van der Waals surface area contributed by atoms with Crippen molar-refractivity contribution >= 4 is 35.5 Å². The van der Waals surface area contributed by atoms with Gasteiger partial charge in [0, 0.05) is 17.4 Å². The largest absolute Gasteiger partial charge is 0.484 e. The summed E-state index contributed by atoms with van der Waals surface area (Å²) in [6, 6.07) is 47.0. The minimum Gasteiger partial charge on any atom is -0.484 e. The van der Waals surface area contributed by atoms with Crippen LogP contribution in [0, 0.1) is 0 Å². The van der Waals surface area contributed by atoms with Crippen LogP contribution in [0.3, 0.4) is 0 Å². The summed E-state index contributed by atoms with van der Waals surface area (Å²) in [4.78, 5) is 55.7. The molecule has 12 nitrogen and oxygen atoms in total. The molecule has 13 heteroatoms. The zero-order valence-corrected chi connectivity index (χ0v) is 32.9. The third-order valence-electron chi connectivity index (χ3n) is 9.80. The monoisotopic (exact) mass is 821 g/mol. The lowest BCUT2D eigenvalue weighted by Gasteiger charge is -2.49. The lowest BCUT2D eigenvalue weighted by Crippen LogP contribution is -2.71. The fourth-order valence-corrected chi connectivity index (χ4v) is 8.24. The van der Waals surface area contributed by atoms with E-state index < -0.39 is 47.4 Å². The standard InChI is InChI=1S/C47H39N3O9S/c51-38(29-55-36-24-14-5-15-25-36)48-41-45(53)50-42(47(54)58-44(33-20-10-3-11-21-33)34-22-12-4-13-23-34)35(30-60-46(41)50)28-56-39-26-37(59-49-39)27-40(52)57-43(31-16-6-1-7-17-31)32-18-8-2-9-19-32/h1-26,41,43-44,46H,27-30H2,(H,48,51)/t41?,46-/m1/s1. The van der Waals surface area contributed by atoms with Crippen molar-refractivity contribution in [2.75, 3.05) is 19.0 Å². The fraction of sp³-hybridized carbons (Fsp3) is 0.170. The van der Waals surface area contributed by atoms with Crippen LogP contribution in [0.5, 0.6) is 11.6 Å². The lowest BCUT2D eigenvalue weighted by atomic mass is 10.0. The number of benzene rings is 5. The van der Waals surface area contributed by atoms with Crippen molar-refractivity contribution in [2.45, 2.75) is 30.0 Å². The summed E-state index contributed by atoms with van der Waals surface area (Å²) in [5.74, 6) is -1.16. The summed E-state index contributed by atoms with van der Waals surface area (Å²) in [5, 5.41) is 6.18. The van der Waals surface area contributed by atoms with Crippen molar-refractivity contribution in [3.05, 3.63) is 197 Å². The van der Waals surface area contributed by atoms with Gasteiger partial charge in [0.15, 0.2) is 24.6 Å². The van der Waals surface area contributed by atoms with Gasteiger partial charge < -0.3 is 28.8 Å². The van der Waals surface area contributed by atoms with Gasteiger partial charge in [-0.2, -0.15) is 0 Å². The molecule has 6 aromatic rings. The van der Waals surface area contributed by atoms with Crippen LogP contribution in [0.15, 0.2) is 174 Å². The number of amides is 2. The quantitative estimate of drug-likeness (QED) is 0.0796. The number of esters is 2. The maximum absolute atomic E-state index is 14.4. The molecule has 1 fully saturated rings. The molecule has 0 bridgehead atoms. The van der Waals surface area contributed by atoms with Gasteiger partial charge in [-0.25, -0.2) is 4.79 Å². The number of thioether (sulfide) groups is 1. The fourth-order valence-electron chi connectivity index (χ4n) is 6.92. The predicted octanol–water partition coefficient (Wildman–Crippen LogP) is 6.99. The Labute approximate surface area is 350 Å². The molecule has 0 saturated carbocycles. The van der Waals surface area contributed by atoms with Crippen LogP contribution in [0.2, 0.25) is 0 Å². The molecule has 1 saturated heterocycles. The van der Waals surface area contributed by atoms with Crippen LogP contribution in [-0.4, -0.2) is 64.2 Å². The molecule has 1 unspecified atom stereocenters. The van der Waals surface area contributed by atoms with Crippen molar-refractivity contribution < 1.29 is 42.6 Å². The van der Waals surface area contributed by atoms with Gasteiger partial charge in [0.1, 0.15) is 35.9 Å². The van der Waals surface area contributed by atoms with Gasteiger partial charge in [-0.3, -0.25) is 19.3 Å².